The summed E-state index contributed by atoms with van der Waals surface area (Å²) in [7, 11) is 3.22. The number of amides is 3. The zero-order chi connectivity index (χ0) is 28.1. The quantitative estimate of drug-likeness (QED) is 0.354. The number of nitrogens with zero attached hydrogens (tertiary/aromatic N) is 3. The van der Waals surface area contributed by atoms with Crippen molar-refractivity contribution in [3.63, 3.8) is 0 Å². The number of carbonyl (C=O) groups excluding carboxylic acids is 2. The Balaban J connectivity index is 1.36. The number of piperazine rings is 1. The van der Waals surface area contributed by atoms with E-state index in [1.807, 2.05) is 96.8 Å². The zero-order valence-electron chi connectivity index (χ0n) is 23.1. The molecule has 0 unspecified atom stereocenters. The zero-order valence-corrected chi connectivity index (χ0v) is 23.1. The lowest BCUT2D eigenvalue weighted by Crippen LogP contribution is -2.53. The number of carbonyl (C=O) groups is 2. The van der Waals surface area contributed by atoms with Gasteiger partial charge in [0.05, 0.1) is 25.5 Å². The molecule has 0 bridgehead atoms. The molecule has 1 N–H and O–H groups in total. The highest BCUT2D eigenvalue weighted by Crippen LogP contribution is 2.34. The van der Waals surface area contributed by atoms with E-state index in [-0.39, 0.29) is 11.9 Å². The first-order valence-electron chi connectivity index (χ1n) is 13.4. The van der Waals surface area contributed by atoms with Gasteiger partial charge in [0, 0.05) is 50.2 Å². The van der Waals surface area contributed by atoms with Crippen LogP contribution in [0.15, 0.2) is 84.9 Å². The van der Waals surface area contributed by atoms with Crippen LogP contribution in [0.5, 0.6) is 11.5 Å². The third-order valence-electron chi connectivity index (χ3n) is 7.31. The molecule has 0 atom stereocenters. The van der Waals surface area contributed by atoms with E-state index in [1.54, 1.807) is 19.1 Å². The van der Waals surface area contributed by atoms with Crippen LogP contribution in [0.3, 0.4) is 0 Å². The van der Waals surface area contributed by atoms with Gasteiger partial charge in [0.2, 0.25) is 0 Å². The van der Waals surface area contributed by atoms with Crippen molar-refractivity contribution in [3.05, 3.63) is 102 Å². The van der Waals surface area contributed by atoms with E-state index in [9.17, 15) is 9.59 Å². The molecule has 0 spiro atoms. The molecule has 40 heavy (non-hydrogen) atoms. The first kappa shape index (κ1) is 26.9. The summed E-state index contributed by atoms with van der Waals surface area (Å²) in [5.41, 5.74) is 5.29. The van der Waals surface area contributed by atoms with Crippen LogP contribution < -0.4 is 14.8 Å². The van der Waals surface area contributed by atoms with Crippen molar-refractivity contribution < 1.29 is 19.1 Å². The van der Waals surface area contributed by atoms with Crippen molar-refractivity contribution in [1.29, 1.82) is 0 Å². The predicted molar refractivity (Wildman–Crippen MR) is 155 cm³/mol. The molecule has 1 aliphatic rings. The lowest BCUT2D eigenvalue weighted by atomic mass is 10.1. The van der Waals surface area contributed by atoms with E-state index in [0.29, 0.717) is 49.8 Å². The van der Waals surface area contributed by atoms with Crippen LogP contribution in [0, 0.1) is 6.92 Å². The molecule has 1 aromatic heterocycles. The van der Waals surface area contributed by atoms with Gasteiger partial charge in [0.1, 0.15) is 0 Å². The van der Waals surface area contributed by atoms with Crippen LogP contribution in [-0.2, 0) is 6.54 Å². The van der Waals surface area contributed by atoms with Gasteiger partial charge < -0.3 is 29.2 Å². The van der Waals surface area contributed by atoms with E-state index in [1.165, 1.54) is 0 Å². The van der Waals surface area contributed by atoms with Gasteiger partial charge in [-0.1, -0.05) is 60.7 Å². The molecule has 1 fully saturated rings. The second kappa shape index (κ2) is 12.0. The molecule has 5 rings (SSSR count). The Hall–Kier alpha value is -4.72. The Morgan fingerprint density at radius 2 is 1.40 bits per heavy atom. The van der Waals surface area contributed by atoms with E-state index in [2.05, 4.69) is 9.88 Å². The second-order valence-corrected chi connectivity index (χ2v) is 9.69. The summed E-state index contributed by atoms with van der Waals surface area (Å²) in [4.78, 5) is 30.1. The number of nitrogens with one attached hydrogen (secondary N) is 1. The Kier molecular flexibility index (Phi) is 8.05. The van der Waals surface area contributed by atoms with Gasteiger partial charge in [-0.25, -0.2) is 4.79 Å². The maximum atomic E-state index is 13.8. The van der Waals surface area contributed by atoms with Crippen molar-refractivity contribution in [2.24, 2.45) is 0 Å². The molecule has 2 heterocycles. The van der Waals surface area contributed by atoms with Gasteiger partial charge in [-0.2, -0.15) is 0 Å². The second-order valence-electron chi connectivity index (χ2n) is 9.69. The number of hydrogen-bond acceptors (Lipinski definition) is 4. The average Bonchev–Trinajstić information content (AvgIpc) is 3.36. The lowest BCUT2D eigenvalue weighted by Gasteiger charge is -2.34. The minimum atomic E-state index is -0.113. The molecule has 8 nitrogen and oxygen atoms in total. The molecule has 3 aromatic carbocycles. The molecule has 0 saturated carbocycles. The highest BCUT2D eigenvalue weighted by molar-refractivity contribution is 5.97. The number of hydrogen-bond donors (Lipinski definition) is 1. The molecule has 206 valence electrons. The summed E-state index contributed by atoms with van der Waals surface area (Å²) in [6, 6.07) is 27.4. The monoisotopic (exact) mass is 538 g/mol. The first-order chi connectivity index (χ1) is 19.5. The number of methoxy groups -OCH3 is 2. The van der Waals surface area contributed by atoms with Crippen molar-refractivity contribution in [2.45, 2.75) is 13.5 Å². The molecule has 1 saturated heterocycles. The van der Waals surface area contributed by atoms with E-state index < -0.39 is 0 Å². The van der Waals surface area contributed by atoms with Gasteiger partial charge in [-0.15, -0.1) is 0 Å². The molecule has 1 aliphatic heterocycles. The molecule has 8 heteroatoms. The molecule has 3 amide bonds. The van der Waals surface area contributed by atoms with Gasteiger partial charge in [-0.3, -0.25) is 4.79 Å². The number of benzene rings is 3. The first-order valence-corrected chi connectivity index (χ1v) is 13.4. The van der Waals surface area contributed by atoms with Crippen molar-refractivity contribution in [2.75, 3.05) is 40.4 Å². The fourth-order valence-electron chi connectivity index (χ4n) is 5.11. The van der Waals surface area contributed by atoms with Crippen molar-refractivity contribution >= 4 is 11.9 Å². The van der Waals surface area contributed by atoms with Crippen LogP contribution >= 0.6 is 0 Å². The minimum Gasteiger partial charge on any atom is -0.493 e. The van der Waals surface area contributed by atoms with Crippen LogP contribution in [0.4, 0.5) is 4.79 Å². The predicted octanol–water partition coefficient (Wildman–Crippen LogP) is 5.14. The van der Waals surface area contributed by atoms with E-state index in [0.717, 1.165) is 28.2 Å². The van der Waals surface area contributed by atoms with Gasteiger partial charge >= 0.3 is 6.03 Å². The summed E-state index contributed by atoms with van der Waals surface area (Å²) in [6.07, 6.45) is 0. The summed E-state index contributed by atoms with van der Waals surface area (Å²) in [6.45, 7) is 4.34. The Labute approximate surface area is 234 Å². The average molecular weight is 539 g/mol. The standard InChI is InChI=1S/C32H34N4O4/c1-23-27(31(37)34-16-18-35(19-17-34)32(38)33-22-24-10-6-4-7-11-24)21-28(25-12-8-5-9-13-25)36(23)26-14-15-29(39-2)30(20-26)40-3/h4-15,20-21H,16-19,22H2,1-3H3,(H,33,38). The van der Waals surface area contributed by atoms with Gasteiger partial charge in [0.25, 0.3) is 5.91 Å². The molecular weight excluding hydrogens is 504 g/mol. The van der Waals surface area contributed by atoms with E-state index >= 15 is 0 Å². The number of rotatable bonds is 7. The highest BCUT2D eigenvalue weighted by atomic mass is 16.5. The summed E-state index contributed by atoms with van der Waals surface area (Å²) in [5, 5.41) is 2.98. The fraction of sp³-hybridized carbons (Fsp3) is 0.250. The van der Waals surface area contributed by atoms with Crippen LogP contribution in [-0.4, -0.2) is 66.7 Å². The largest absolute Gasteiger partial charge is 0.493 e. The van der Waals surface area contributed by atoms with Crippen LogP contribution in [0.1, 0.15) is 21.6 Å². The minimum absolute atomic E-state index is 0.0433. The number of ether oxygens (including phenoxy) is 2. The molecule has 0 radical (unpaired) electrons. The molecular formula is C32H34N4O4. The maximum Gasteiger partial charge on any atom is 0.317 e. The smallest absolute Gasteiger partial charge is 0.317 e. The Morgan fingerprint density at radius 1 is 0.775 bits per heavy atom. The lowest BCUT2D eigenvalue weighted by molar-refractivity contribution is 0.0664. The SMILES string of the molecule is COc1ccc(-n2c(-c3ccccc3)cc(C(=O)N3CCN(C(=O)NCc4ccccc4)CC3)c2C)cc1OC. The summed E-state index contributed by atoms with van der Waals surface area (Å²) in [5.74, 6) is 1.21. The number of aromatic nitrogens is 1. The van der Waals surface area contributed by atoms with Crippen molar-refractivity contribution in [3.8, 4) is 28.4 Å². The Morgan fingerprint density at radius 3 is 2.05 bits per heavy atom. The van der Waals surface area contributed by atoms with Gasteiger partial charge in [0.15, 0.2) is 11.5 Å². The Bertz CT molecular complexity index is 1480. The van der Waals surface area contributed by atoms with Crippen LogP contribution in [0.2, 0.25) is 0 Å². The van der Waals surface area contributed by atoms with E-state index in [4.69, 9.17) is 9.47 Å². The van der Waals surface area contributed by atoms with Crippen LogP contribution in [0.25, 0.3) is 16.9 Å². The number of urea groups is 1. The van der Waals surface area contributed by atoms with Gasteiger partial charge in [-0.05, 0) is 36.2 Å². The third-order valence-corrected chi connectivity index (χ3v) is 7.31. The third kappa shape index (κ3) is 5.52. The molecule has 0 aliphatic carbocycles. The maximum absolute atomic E-state index is 13.8. The molecule has 4 aromatic rings. The topological polar surface area (TPSA) is 76.0 Å². The van der Waals surface area contributed by atoms with Crippen molar-refractivity contribution in [1.82, 2.24) is 19.7 Å². The summed E-state index contributed by atoms with van der Waals surface area (Å²) < 4.78 is 13.1. The highest BCUT2D eigenvalue weighted by Gasteiger charge is 2.28. The summed E-state index contributed by atoms with van der Waals surface area (Å²) >= 11 is 0. The fourth-order valence-corrected chi connectivity index (χ4v) is 5.11. The normalized spacial score (nSPS) is 13.2.